The Kier molecular flexibility index (Phi) is 40.2. The van der Waals surface area contributed by atoms with Gasteiger partial charge in [-0.05, 0) is 27.7 Å². The van der Waals surface area contributed by atoms with E-state index in [1.54, 1.807) is 0 Å². The Bertz CT molecular complexity index is 406. The Morgan fingerprint density at radius 2 is 0.739 bits per heavy atom. The summed E-state index contributed by atoms with van der Waals surface area (Å²) in [6.07, 6.45) is 0. The van der Waals surface area contributed by atoms with E-state index in [1.807, 2.05) is 0 Å². The average molecular weight is 407 g/mol. The molecule has 0 aliphatic rings. The van der Waals surface area contributed by atoms with Crippen LogP contribution in [0.3, 0.4) is 0 Å². The molecule has 0 amide bonds. The minimum Gasteiger partial charge on any atom is -0.753 e. The fourth-order valence-electron chi connectivity index (χ4n) is 0.289. The van der Waals surface area contributed by atoms with Gasteiger partial charge in [-0.15, -0.1) is 0 Å². The summed E-state index contributed by atoms with van der Waals surface area (Å²) in [6, 6.07) is 0. The fourth-order valence-corrected chi connectivity index (χ4v) is 0.289. The molecule has 0 aromatic rings. The predicted molar refractivity (Wildman–Crippen MR) is 91.5 cm³/mol. The molecule has 0 atom stereocenters. The number of oxime groups is 4. The molecule has 0 rings (SSSR count). The zero-order chi connectivity index (χ0) is 18.6. The molecule has 0 aliphatic heterocycles. The van der Waals surface area contributed by atoms with Crippen LogP contribution < -0.4 is 0 Å². The van der Waals surface area contributed by atoms with Crippen LogP contribution in [0.5, 0.6) is 0 Å². The second-order valence-corrected chi connectivity index (χ2v) is 3.29. The smallest absolute Gasteiger partial charge is 0.753 e. The molecular weight excluding hydrogens is 391 g/mol. The van der Waals surface area contributed by atoms with Gasteiger partial charge in [0, 0.05) is 0 Å². The van der Waals surface area contributed by atoms with Crippen molar-refractivity contribution in [2.75, 3.05) is 0 Å². The summed E-state index contributed by atoms with van der Waals surface area (Å²) < 4.78 is 0. The molecule has 4 N–H and O–H groups in total. The molecule has 0 saturated carbocycles. The number of nitrogens with zero attached hydrogens (tertiary/aromatic N) is 6. The van der Waals surface area contributed by atoms with Crippen molar-refractivity contribution in [3.8, 4) is 0 Å². The Labute approximate surface area is 154 Å². The van der Waals surface area contributed by atoms with E-state index in [0.29, 0.717) is 22.8 Å². The largest absolute Gasteiger partial charge is 2.00 e. The fraction of sp³-hybridized carbons (Fsp3) is 0.400. The zero-order valence-corrected chi connectivity index (χ0v) is 15.3. The van der Waals surface area contributed by atoms with E-state index in [0.717, 1.165) is 0 Å². The van der Waals surface area contributed by atoms with Crippen LogP contribution in [-0.2, 0) is 16.8 Å². The maximum Gasteiger partial charge on any atom is 2.00 e. The van der Waals surface area contributed by atoms with Crippen molar-refractivity contribution in [1.29, 1.82) is 0 Å². The van der Waals surface area contributed by atoms with Gasteiger partial charge in [-0.2, -0.15) is 10.3 Å². The van der Waals surface area contributed by atoms with Gasteiger partial charge in [-0.1, -0.05) is 45.1 Å². The van der Waals surface area contributed by atoms with Crippen molar-refractivity contribution in [1.82, 2.24) is 0 Å². The SMILES string of the molecule is CC(=N\O)/C(C)=N/O.CC(=N\O)/C(C)=N/O.[Co+2].[N-]=C=S.[N-]=C=S. The summed E-state index contributed by atoms with van der Waals surface area (Å²) in [7, 11) is 0. The third-order valence-corrected chi connectivity index (χ3v) is 1.65. The van der Waals surface area contributed by atoms with Crippen molar-refractivity contribution >= 4 is 57.6 Å². The van der Waals surface area contributed by atoms with Gasteiger partial charge in [0.25, 0.3) is 0 Å². The van der Waals surface area contributed by atoms with Crippen molar-refractivity contribution < 1.29 is 37.6 Å². The van der Waals surface area contributed by atoms with Gasteiger partial charge in [0.2, 0.25) is 0 Å². The first-order chi connectivity index (χ1) is 10.3. The van der Waals surface area contributed by atoms with Crippen LogP contribution in [0.4, 0.5) is 0 Å². The second kappa shape index (κ2) is 28.2. The number of hydrogen-bond acceptors (Lipinski definition) is 10. The van der Waals surface area contributed by atoms with Crippen molar-refractivity contribution in [2.45, 2.75) is 27.7 Å². The summed E-state index contributed by atoms with van der Waals surface area (Å²) in [6.45, 7) is 6.15. The number of hydrogen-bond donors (Lipinski definition) is 4. The third kappa shape index (κ3) is 33.1. The molecule has 23 heavy (non-hydrogen) atoms. The van der Waals surface area contributed by atoms with E-state index < -0.39 is 0 Å². The maximum atomic E-state index is 8.03. The van der Waals surface area contributed by atoms with Crippen LogP contribution in [0.1, 0.15) is 27.7 Å². The van der Waals surface area contributed by atoms with Crippen molar-refractivity contribution in [3.05, 3.63) is 10.8 Å². The van der Waals surface area contributed by atoms with E-state index in [9.17, 15) is 0 Å². The van der Waals surface area contributed by atoms with Gasteiger partial charge in [-0.25, -0.2) is 0 Å². The molecule has 0 unspecified atom stereocenters. The van der Waals surface area contributed by atoms with Gasteiger partial charge in [0.05, 0.1) is 0 Å². The van der Waals surface area contributed by atoms with Crippen molar-refractivity contribution in [3.63, 3.8) is 0 Å². The normalized spacial score (nSPS) is 10.6. The average Bonchev–Trinajstić information content (AvgIpc) is 2.53. The number of isothiocyanates is 2. The first kappa shape index (κ1) is 32.8. The van der Waals surface area contributed by atoms with Gasteiger partial charge in [0.15, 0.2) is 0 Å². The van der Waals surface area contributed by atoms with E-state index in [4.69, 9.17) is 31.6 Å². The van der Waals surface area contributed by atoms with E-state index in [1.165, 1.54) is 38.0 Å². The summed E-state index contributed by atoms with van der Waals surface area (Å²) in [5.41, 5.74) is 1.25. The van der Waals surface area contributed by atoms with Gasteiger partial charge < -0.3 is 31.6 Å². The predicted octanol–water partition coefficient (Wildman–Crippen LogP) is 2.69. The minimum absolute atomic E-state index is 0. The van der Waals surface area contributed by atoms with E-state index in [-0.39, 0.29) is 16.8 Å². The molecule has 1 radical (unpaired) electrons. The van der Waals surface area contributed by atoms with Crippen molar-refractivity contribution in [2.24, 2.45) is 20.6 Å². The van der Waals surface area contributed by atoms with Gasteiger partial charge >= 0.3 is 16.8 Å². The van der Waals surface area contributed by atoms with Crippen LogP contribution in [0, 0.1) is 0 Å². The molecule has 13 heteroatoms. The molecule has 0 aromatic carbocycles. The summed E-state index contributed by atoms with van der Waals surface area (Å²) >= 11 is 7.40. The molecule has 0 spiro atoms. The molecule has 0 saturated heterocycles. The molecule has 0 aliphatic carbocycles. The van der Waals surface area contributed by atoms with Crippen LogP contribution in [0.25, 0.3) is 10.8 Å². The molecule has 0 heterocycles. The Morgan fingerprint density at radius 3 is 0.783 bits per heavy atom. The van der Waals surface area contributed by atoms with Gasteiger partial charge in [0.1, 0.15) is 22.8 Å². The van der Waals surface area contributed by atoms with E-state index in [2.05, 4.69) is 45.1 Å². The number of thiocarbonyl (C=S) groups is 2. The Hall–Kier alpha value is -2.01. The maximum absolute atomic E-state index is 8.03. The molecular formula is C10H16CoN6O4S2. The molecule has 0 bridgehead atoms. The van der Waals surface area contributed by atoms with Gasteiger partial charge in [-0.3, -0.25) is 0 Å². The van der Waals surface area contributed by atoms with Crippen LogP contribution >= 0.6 is 24.4 Å². The monoisotopic (exact) mass is 407 g/mol. The van der Waals surface area contributed by atoms with E-state index >= 15 is 0 Å². The minimum atomic E-state index is 0. The number of rotatable bonds is 2. The summed E-state index contributed by atoms with van der Waals surface area (Å²) in [5, 5.41) is 60.2. The second-order valence-electron chi connectivity index (χ2n) is 2.92. The molecule has 131 valence electrons. The molecule has 0 fully saturated rings. The van der Waals surface area contributed by atoms with Crippen LogP contribution in [-0.4, -0.2) is 54.0 Å². The molecule has 10 nitrogen and oxygen atoms in total. The summed E-state index contributed by atoms with van der Waals surface area (Å²) in [4.78, 5) is 0. The summed E-state index contributed by atoms with van der Waals surface area (Å²) in [5.74, 6) is 0. The Morgan fingerprint density at radius 1 is 0.652 bits per heavy atom. The topological polar surface area (TPSA) is 175 Å². The quantitative estimate of drug-likeness (QED) is 0.237. The zero-order valence-electron chi connectivity index (χ0n) is 12.6. The third-order valence-electron chi connectivity index (χ3n) is 1.65. The standard InChI is InChI=1S/2C4H8N2O2.2CNS.Co/c2*1-3(5-7)4(2)6-8;2*2-1-3;/h2*7-8H,1-2H3;;;/q;;2*-1;+2/b2*5-3+,6-4+;;;. The Balaban J connectivity index is -0.0000000680. The molecule has 0 aromatic heterocycles. The van der Waals surface area contributed by atoms with Crippen LogP contribution in [0.2, 0.25) is 0 Å². The first-order valence-corrected chi connectivity index (χ1v) is 5.87. The first-order valence-electron chi connectivity index (χ1n) is 5.05. The van der Waals surface area contributed by atoms with Crippen LogP contribution in [0.15, 0.2) is 20.6 Å².